The highest BCUT2D eigenvalue weighted by Crippen LogP contribution is 2.42. The number of carbonyl (C=O) groups excluding carboxylic acids is 2. The summed E-state index contributed by atoms with van der Waals surface area (Å²) in [4.78, 5) is 74.5. The minimum atomic E-state index is -4.00. The minimum Gasteiger partial charge on any atom is -0.496 e. The number of hydrogen-bond acceptors (Lipinski definition) is 26. The van der Waals surface area contributed by atoms with Gasteiger partial charge in [0.05, 0.1) is 91.0 Å². The van der Waals surface area contributed by atoms with Crippen LogP contribution in [0.5, 0.6) is 34.5 Å². The molecular formula is C85H74N11O18S5+. The number of sulfonamides is 1. The zero-order valence-electron chi connectivity index (χ0n) is 64.2. The summed E-state index contributed by atoms with van der Waals surface area (Å²) in [5.74, 6) is -1.65. The molecule has 14 aromatic rings. The number of carboxylic acids is 3. The first-order valence-corrected chi connectivity index (χ1v) is 41.7. The van der Waals surface area contributed by atoms with Crippen molar-refractivity contribution in [3.8, 4) is 45.6 Å². The number of aliphatic carboxylic acids is 2. The van der Waals surface area contributed by atoms with Crippen molar-refractivity contribution >= 4 is 153 Å². The molecule has 0 aliphatic carbocycles. The molecule has 606 valence electrons. The highest BCUT2D eigenvalue weighted by Gasteiger charge is 2.43. The molecule has 1 amide bonds. The second-order valence-electron chi connectivity index (χ2n) is 27.2. The Bertz CT molecular complexity index is 6450. The quantitative estimate of drug-likeness (QED) is 0.0262. The van der Waals surface area contributed by atoms with Gasteiger partial charge in [0, 0.05) is 33.8 Å². The van der Waals surface area contributed by atoms with Crippen molar-refractivity contribution in [2.75, 3.05) is 44.5 Å². The van der Waals surface area contributed by atoms with Crippen molar-refractivity contribution in [1.82, 2.24) is 30.8 Å². The number of aromatic nitrogens is 7. The summed E-state index contributed by atoms with van der Waals surface area (Å²) in [6.45, 7) is 7.06. The van der Waals surface area contributed by atoms with Gasteiger partial charge in [-0.25, -0.2) is 22.8 Å². The lowest BCUT2D eigenvalue weighted by molar-refractivity contribution is -0.546. The van der Waals surface area contributed by atoms with Crippen molar-refractivity contribution in [1.29, 1.82) is 0 Å². The number of anilines is 2. The maximum absolute atomic E-state index is 13.7. The normalized spacial score (nSPS) is 13.3. The number of benzene rings is 9. The van der Waals surface area contributed by atoms with Crippen molar-refractivity contribution in [3.05, 3.63) is 253 Å². The fraction of sp³-hybridized carbons (Fsp3) is 0.200. The third-order valence-corrected chi connectivity index (χ3v) is 23.7. The molecule has 5 N–H and O–H groups in total. The van der Waals surface area contributed by atoms with Gasteiger partial charge < -0.3 is 58.4 Å². The zero-order valence-corrected chi connectivity index (χ0v) is 68.3. The van der Waals surface area contributed by atoms with Gasteiger partial charge in [-0.1, -0.05) is 96.9 Å². The summed E-state index contributed by atoms with van der Waals surface area (Å²) in [6, 6.07) is 55.4. The second-order valence-corrected chi connectivity index (χ2v) is 31.3. The molecule has 9 aromatic carbocycles. The van der Waals surface area contributed by atoms with Gasteiger partial charge in [0.25, 0.3) is 21.5 Å². The third kappa shape index (κ3) is 18.7. The number of carbonyl (C=O) groups is 5. The first-order chi connectivity index (χ1) is 57.6. The number of fused-ring (bicyclic) bond motifs is 6. The number of aryl methyl sites for hydroxylation is 1. The van der Waals surface area contributed by atoms with E-state index in [1.165, 1.54) is 29.5 Å². The SMILES string of the molecule is CCCCC1=N[N+](Cc2ccccc2)=C(C(=O)O)C1Cc1ccc2nsnc2c1.CCOc1ccc2c(c1)c(-c1ccc3c(c1)OCO3)c(C(=O)O)c(=O)n2Cc1ccccc1OC.COC(=O)c1ccc(CC(C(=O)O)c2ccc3nsnc3c2)cc1.Cc1cc2c(cc1NC(=O)c1sccc1S(=O)(=O)Nc1ccc3nsnc3c1)OCO2. The van der Waals surface area contributed by atoms with Crippen molar-refractivity contribution in [2.45, 2.75) is 76.8 Å². The molecule has 34 heteroatoms. The van der Waals surface area contributed by atoms with Crippen LogP contribution in [0.4, 0.5) is 11.4 Å². The number of thiophene rings is 1. The average molecular weight is 1700 g/mol. The van der Waals surface area contributed by atoms with Gasteiger partial charge in [-0.3, -0.25) is 19.1 Å². The molecule has 29 nitrogen and oxygen atoms in total. The fourth-order valence-corrected chi connectivity index (χ4v) is 17.7. The van der Waals surface area contributed by atoms with Crippen LogP contribution in [0.1, 0.15) is 103 Å². The number of nitrogens with zero attached hydrogens (tertiary/aromatic N) is 9. The monoisotopic (exact) mass is 1700 g/mol. The van der Waals surface area contributed by atoms with E-state index in [9.17, 15) is 52.5 Å². The highest BCUT2D eigenvalue weighted by atomic mass is 32.2. The van der Waals surface area contributed by atoms with E-state index in [4.69, 9.17) is 33.5 Å². The highest BCUT2D eigenvalue weighted by molar-refractivity contribution is 7.93. The number of ether oxygens (including phenoxy) is 7. The lowest BCUT2D eigenvalue weighted by Gasteiger charge is -2.19. The first kappa shape index (κ1) is 82.1. The molecule has 5 aromatic heterocycles. The van der Waals surface area contributed by atoms with Gasteiger partial charge in [-0.2, -0.15) is 26.2 Å². The van der Waals surface area contributed by atoms with E-state index in [0.717, 1.165) is 104 Å². The Kier molecular flexibility index (Phi) is 25.4. The Balaban J connectivity index is 0.000000131. The van der Waals surface area contributed by atoms with E-state index in [1.807, 2.05) is 80.6 Å². The van der Waals surface area contributed by atoms with Crippen LogP contribution in [0.25, 0.3) is 55.1 Å². The standard InChI is InChI=1S/C27H23NO7.C22H22N4O2S.C19H14N4O5S3.C17H14N2O4S/c1-3-33-18-9-10-20-19(13-18)24(16-8-11-22-23(12-16)35-15-34-22)25(27(30)31)26(29)28(20)14-17-6-4-5-7-21(17)32-2;1-2-3-9-18-17(12-16-10-11-19-20(13-16)25-29-24-19)21(22(27)28)26(23-18)14-15-7-5-4-6-8-15;1-10-6-15-16(28-9-27-15)8-13(10)20-19(24)18-17(4-5-29-18)31(25,26)23-11-2-3-12-14(7-11)22-30-21-12;1-23-17(22)11-4-2-10(3-5-11)8-13(16(20)21)12-6-7-14-15(9-12)19-24-18-14/h4-13H,3,14-15H2,1-2H3,(H,30,31);4-8,10-11,13,17H,2-3,9,12,14H2,1H3;2-8,23H,9H2,1H3,(H,20,24);2-7,9,13H,8H2,1H3,(H,20,21)/p+1. The maximum Gasteiger partial charge on any atom is 0.399 e. The topological polar surface area (TPSA) is 384 Å². The third-order valence-electron chi connectivity index (χ3n) is 19.5. The van der Waals surface area contributed by atoms with Crippen molar-refractivity contribution in [2.24, 2.45) is 11.0 Å². The van der Waals surface area contributed by atoms with E-state index in [-0.39, 0.29) is 41.4 Å². The minimum absolute atomic E-state index is 0.0703. The molecule has 0 fully saturated rings. The number of rotatable bonds is 25. The summed E-state index contributed by atoms with van der Waals surface area (Å²) in [5.41, 5.74) is 12.6. The number of hydrazone groups is 1. The van der Waals surface area contributed by atoms with E-state index < -0.39 is 51.3 Å². The number of unbranched alkanes of at least 4 members (excludes halogenated alkanes) is 1. The molecule has 3 aliphatic heterocycles. The molecule has 0 spiro atoms. The summed E-state index contributed by atoms with van der Waals surface area (Å²) in [7, 11) is -1.12. The van der Waals surface area contributed by atoms with Crippen LogP contribution in [0.2, 0.25) is 0 Å². The predicted octanol–water partition coefficient (Wildman–Crippen LogP) is 15.4. The van der Waals surface area contributed by atoms with Crippen LogP contribution in [-0.4, -0.2) is 135 Å². The molecule has 2 atom stereocenters. The first-order valence-electron chi connectivity index (χ1n) is 37.1. The van der Waals surface area contributed by atoms with Crippen molar-refractivity contribution in [3.63, 3.8) is 0 Å². The lowest BCUT2D eigenvalue weighted by atomic mass is 9.88. The molecule has 0 saturated heterocycles. The molecular weight excluding hydrogens is 1620 g/mol. The molecule has 0 bridgehead atoms. The van der Waals surface area contributed by atoms with Gasteiger partial charge in [0.15, 0.2) is 29.5 Å². The smallest absolute Gasteiger partial charge is 0.399 e. The van der Waals surface area contributed by atoms with Crippen LogP contribution < -0.4 is 44.0 Å². The van der Waals surface area contributed by atoms with Gasteiger partial charge >= 0.3 is 29.6 Å². The van der Waals surface area contributed by atoms with E-state index in [1.54, 1.807) is 132 Å². The van der Waals surface area contributed by atoms with Gasteiger partial charge in [-0.05, 0) is 181 Å². The molecule has 3 aliphatic rings. The Hall–Kier alpha value is -13.4. The Morgan fingerprint density at radius 2 is 1.30 bits per heavy atom. The zero-order chi connectivity index (χ0) is 83.4. The van der Waals surface area contributed by atoms with E-state index in [0.29, 0.717) is 127 Å². The Morgan fingerprint density at radius 3 is 1.98 bits per heavy atom. The summed E-state index contributed by atoms with van der Waals surface area (Å²) in [5, 5.41) is 39.5. The number of nitrogens with one attached hydrogen (secondary N) is 2. The summed E-state index contributed by atoms with van der Waals surface area (Å²) >= 11 is 4.38. The summed E-state index contributed by atoms with van der Waals surface area (Å²) < 4.78 is 94.0. The number of amides is 1. The maximum atomic E-state index is 13.7. The molecule has 8 heterocycles. The van der Waals surface area contributed by atoms with Gasteiger partial charge in [0.2, 0.25) is 13.6 Å². The number of carboxylic acid groups (broad SMARTS) is 3. The van der Waals surface area contributed by atoms with Crippen LogP contribution in [0.15, 0.2) is 208 Å². The van der Waals surface area contributed by atoms with Crippen LogP contribution in [0, 0.1) is 12.8 Å². The molecule has 17 rings (SSSR count). The number of para-hydroxylation sites is 1. The van der Waals surface area contributed by atoms with E-state index in [2.05, 4.69) is 47.9 Å². The Labute approximate surface area is 696 Å². The molecule has 119 heavy (non-hydrogen) atoms. The molecule has 0 radical (unpaired) electrons. The van der Waals surface area contributed by atoms with Crippen molar-refractivity contribution < 1.29 is 85.6 Å². The van der Waals surface area contributed by atoms with Crippen LogP contribution in [0.3, 0.4) is 0 Å². The largest absolute Gasteiger partial charge is 0.496 e. The number of aromatic carboxylic acids is 1. The number of methoxy groups -OCH3 is 2. The van der Waals surface area contributed by atoms with Crippen LogP contribution >= 0.6 is 46.5 Å². The van der Waals surface area contributed by atoms with E-state index >= 15 is 0 Å². The number of pyridine rings is 1. The number of hydrogen-bond donors (Lipinski definition) is 5. The molecule has 2 unspecified atom stereocenters. The van der Waals surface area contributed by atoms with Crippen LogP contribution in [-0.2, 0) is 50.3 Å². The molecule has 0 saturated carbocycles. The van der Waals surface area contributed by atoms with Gasteiger partial charge in [-0.15, -0.1) is 11.3 Å². The lowest BCUT2D eigenvalue weighted by Crippen LogP contribution is -2.32. The number of esters is 1. The Morgan fingerprint density at radius 1 is 0.655 bits per heavy atom. The average Bonchev–Trinajstić information content (AvgIpc) is 1.73. The second kappa shape index (κ2) is 36.8. The fourth-order valence-electron chi connectivity index (χ4n) is 13.7. The van der Waals surface area contributed by atoms with Gasteiger partial charge in [0.1, 0.15) is 65.9 Å². The summed E-state index contributed by atoms with van der Waals surface area (Å²) in [6.07, 6.45) is 3.77. The predicted molar refractivity (Wildman–Crippen MR) is 452 cm³/mol.